The van der Waals surface area contributed by atoms with Crippen LogP contribution in [0.2, 0.25) is 0 Å². The standard InChI is InChI=1S/C14H25N3O2/c1-10-4-2-6-12(8-10)16-13(18)11-5-3-7-17(9-11)14(15)19/h10-12H,2-9H2,1H3,(H2,15,19)(H,16,18). The highest BCUT2D eigenvalue weighted by Crippen LogP contribution is 2.24. The highest BCUT2D eigenvalue weighted by atomic mass is 16.2. The molecule has 0 aromatic rings. The number of urea groups is 1. The van der Waals surface area contributed by atoms with Crippen LogP contribution in [0.25, 0.3) is 0 Å². The zero-order chi connectivity index (χ0) is 13.8. The van der Waals surface area contributed by atoms with E-state index in [0.717, 1.165) is 25.7 Å². The summed E-state index contributed by atoms with van der Waals surface area (Å²) < 4.78 is 0. The minimum atomic E-state index is -0.413. The minimum Gasteiger partial charge on any atom is -0.353 e. The van der Waals surface area contributed by atoms with Gasteiger partial charge in [0.25, 0.3) is 0 Å². The molecule has 5 heteroatoms. The fraction of sp³-hybridized carbons (Fsp3) is 0.857. The molecule has 0 radical (unpaired) electrons. The summed E-state index contributed by atoms with van der Waals surface area (Å²) in [6.07, 6.45) is 6.36. The number of amides is 3. The van der Waals surface area contributed by atoms with Gasteiger partial charge in [-0.05, 0) is 31.6 Å². The van der Waals surface area contributed by atoms with E-state index < -0.39 is 6.03 Å². The number of likely N-dealkylation sites (tertiary alicyclic amines) is 1. The quantitative estimate of drug-likeness (QED) is 0.795. The molecule has 5 nitrogen and oxygen atoms in total. The normalized spacial score (nSPS) is 31.8. The molecular weight excluding hydrogens is 242 g/mol. The molecule has 2 fully saturated rings. The van der Waals surface area contributed by atoms with Crippen LogP contribution in [0.1, 0.15) is 45.4 Å². The number of nitrogens with zero attached hydrogens (tertiary/aromatic N) is 1. The molecule has 1 aliphatic heterocycles. The highest BCUT2D eigenvalue weighted by molar-refractivity contribution is 5.80. The third-order valence-corrected chi connectivity index (χ3v) is 4.39. The number of piperidine rings is 1. The lowest BCUT2D eigenvalue weighted by Gasteiger charge is -2.33. The Labute approximate surface area is 114 Å². The first-order valence-electron chi connectivity index (χ1n) is 7.41. The van der Waals surface area contributed by atoms with Crippen molar-refractivity contribution in [1.82, 2.24) is 10.2 Å². The van der Waals surface area contributed by atoms with E-state index in [-0.39, 0.29) is 11.8 Å². The highest BCUT2D eigenvalue weighted by Gasteiger charge is 2.29. The average Bonchev–Trinajstić information content (AvgIpc) is 2.39. The van der Waals surface area contributed by atoms with Gasteiger partial charge in [0.05, 0.1) is 5.92 Å². The second-order valence-electron chi connectivity index (χ2n) is 6.10. The Kier molecular flexibility index (Phi) is 4.66. The zero-order valence-electron chi connectivity index (χ0n) is 11.7. The van der Waals surface area contributed by atoms with Crippen LogP contribution < -0.4 is 11.1 Å². The van der Waals surface area contributed by atoms with Gasteiger partial charge in [0.1, 0.15) is 0 Å². The Morgan fingerprint density at radius 2 is 2.00 bits per heavy atom. The number of carbonyl (C=O) groups is 2. The molecule has 3 N–H and O–H groups in total. The SMILES string of the molecule is CC1CCCC(NC(=O)C2CCCN(C(N)=O)C2)C1. The van der Waals surface area contributed by atoms with Crippen molar-refractivity contribution in [3.63, 3.8) is 0 Å². The first kappa shape index (κ1) is 14.2. The van der Waals surface area contributed by atoms with Crippen molar-refractivity contribution >= 4 is 11.9 Å². The van der Waals surface area contributed by atoms with E-state index >= 15 is 0 Å². The third kappa shape index (κ3) is 3.85. The van der Waals surface area contributed by atoms with Crippen molar-refractivity contribution in [2.45, 2.75) is 51.5 Å². The molecule has 3 atom stereocenters. The van der Waals surface area contributed by atoms with E-state index in [1.165, 1.54) is 12.8 Å². The number of primary amides is 1. The van der Waals surface area contributed by atoms with E-state index in [1.54, 1.807) is 4.90 Å². The molecule has 0 aromatic carbocycles. The molecule has 1 saturated heterocycles. The smallest absolute Gasteiger partial charge is 0.314 e. The van der Waals surface area contributed by atoms with Crippen molar-refractivity contribution in [3.05, 3.63) is 0 Å². The Morgan fingerprint density at radius 1 is 1.21 bits per heavy atom. The molecule has 0 aromatic heterocycles. The fourth-order valence-corrected chi connectivity index (χ4v) is 3.28. The molecule has 1 aliphatic carbocycles. The van der Waals surface area contributed by atoms with Gasteiger partial charge in [-0.2, -0.15) is 0 Å². The summed E-state index contributed by atoms with van der Waals surface area (Å²) >= 11 is 0. The van der Waals surface area contributed by atoms with Gasteiger partial charge in [-0.25, -0.2) is 4.79 Å². The number of hydrogen-bond donors (Lipinski definition) is 2. The second kappa shape index (κ2) is 6.26. The van der Waals surface area contributed by atoms with Crippen LogP contribution in [0.4, 0.5) is 4.79 Å². The Morgan fingerprint density at radius 3 is 2.68 bits per heavy atom. The summed E-state index contributed by atoms with van der Waals surface area (Å²) in [7, 11) is 0. The summed E-state index contributed by atoms with van der Waals surface area (Å²) in [6.45, 7) is 3.40. The topological polar surface area (TPSA) is 75.4 Å². The molecule has 1 saturated carbocycles. The third-order valence-electron chi connectivity index (χ3n) is 4.39. The maximum atomic E-state index is 12.3. The van der Waals surface area contributed by atoms with Crippen molar-refractivity contribution in [3.8, 4) is 0 Å². The van der Waals surface area contributed by atoms with Gasteiger partial charge in [0, 0.05) is 19.1 Å². The molecule has 0 spiro atoms. The van der Waals surface area contributed by atoms with Gasteiger partial charge in [-0.3, -0.25) is 4.79 Å². The number of rotatable bonds is 2. The minimum absolute atomic E-state index is 0.0847. The van der Waals surface area contributed by atoms with E-state index in [4.69, 9.17) is 5.73 Å². The maximum absolute atomic E-state index is 12.3. The summed E-state index contributed by atoms with van der Waals surface area (Å²) in [5.41, 5.74) is 5.29. The zero-order valence-corrected chi connectivity index (χ0v) is 11.7. The maximum Gasteiger partial charge on any atom is 0.314 e. The molecule has 1 heterocycles. The van der Waals surface area contributed by atoms with Gasteiger partial charge in [-0.1, -0.05) is 19.8 Å². The van der Waals surface area contributed by atoms with Crippen LogP contribution in [0.5, 0.6) is 0 Å². The van der Waals surface area contributed by atoms with Crippen molar-refractivity contribution in [2.75, 3.05) is 13.1 Å². The van der Waals surface area contributed by atoms with Crippen LogP contribution in [0, 0.1) is 11.8 Å². The first-order valence-corrected chi connectivity index (χ1v) is 7.41. The van der Waals surface area contributed by atoms with Crippen molar-refractivity contribution < 1.29 is 9.59 Å². The van der Waals surface area contributed by atoms with Gasteiger partial charge in [0.2, 0.25) is 5.91 Å². The number of nitrogens with one attached hydrogen (secondary N) is 1. The summed E-state index contributed by atoms with van der Waals surface area (Å²) in [4.78, 5) is 25.0. The van der Waals surface area contributed by atoms with Gasteiger partial charge in [0.15, 0.2) is 0 Å². The Balaban J connectivity index is 1.83. The largest absolute Gasteiger partial charge is 0.353 e. The first-order chi connectivity index (χ1) is 9.06. The van der Waals surface area contributed by atoms with Crippen molar-refractivity contribution in [2.24, 2.45) is 17.6 Å². The molecule has 0 bridgehead atoms. The van der Waals surface area contributed by atoms with Gasteiger partial charge in [-0.15, -0.1) is 0 Å². The van der Waals surface area contributed by atoms with Gasteiger partial charge < -0.3 is 16.0 Å². The lowest BCUT2D eigenvalue weighted by atomic mass is 9.86. The fourth-order valence-electron chi connectivity index (χ4n) is 3.28. The van der Waals surface area contributed by atoms with Gasteiger partial charge >= 0.3 is 6.03 Å². The molecule has 108 valence electrons. The van der Waals surface area contributed by atoms with Crippen molar-refractivity contribution in [1.29, 1.82) is 0 Å². The molecule has 3 unspecified atom stereocenters. The average molecular weight is 267 g/mol. The van der Waals surface area contributed by atoms with Crippen LogP contribution in [0.15, 0.2) is 0 Å². The number of hydrogen-bond acceptors (Lipinski definition) is 2. The predicted molar refractivity (Wildman–Crippen MR) is 73.4 cm³/mol. The summed E-state index contributed by atoms with van der Waals surface area (Å²) in [5.74, 6) is 0.719. The molecule has 2 aliphatic rings. The number of nitrogens with two attached hydrogens (primary N) is 1. The Hall–Kier alpha value is -1.26. The van der Waals surface area contributed by atoms with Crippen LogP contribution >= 0.6 is 0 Å². The van der Waals surface area contributed by atoms with Crippen LogP contribution in [-0.2, 0) is 4.79 Å². The van der Waals surface area contributed by atoms with Crippen LogP contribution in [0.3, 0.4) is 0 Å². The lowest BCUT2D eigenvalue weighted by molar-refractivity contribution is -0.127. The van der Waals surface area contributed by atoms with E-state index in [2.05, 4.69) is 12.2 Å². The van der Waals surface area contributed by atoms with E-state index in [1.807, 2.05) is 0 Å². The Bertz CT molecular complexity index is 346. The summed E-state index contributed by atoms with van der Waals surface area (Å²) in [6, 6.07) is -0.0935. The molecule has 3 amide bonds. The summed E-state index contributed by atoms with van der Waals surface area (Å²) in [5, 5.41) is 3.16. The van der Waals surface area contributed by atoms with E-state index in [0.29, 0.717) is 25.0 Å². The predicted octanol–water partition coefficient (Wildman–Crippen LogP) is 1.47. The molecular formula is C14H25N3O2. The number of carbonyl (C=O) groups excluding carboxylic acids is 2. The van der Waals surface area contributed by atoms with Crippen LogP contribution in [-0.4, -0.2) is 36.0 Å². The molecule has 19 heavy (non-hydrogen) atoms. The monoisotopic (exact) mass is 267 g/mol. The second-order valence-corrected chi connectivity index (χ2v) is 6.10. The molecule has 2 rings (SSSR count). The lowest BCUT2D eigenvalue weighted by Crippen LogP contribution is -2.49. The van der Waals surface area contributed by atoms with E-state index in [9.17, 15) is 9.59 Å².